The van der Waals surface area contributed by atoms with Crippen molar-refractivity contribution in [2.75, 3.05) is 39.3 Å². The lowest BCUT2D eigenvalue weighted by Crippen LogP contribution is -2.48. The predicted molar refractivity (Wildman–Crippen MR) is 80.0 cm³/mol. The number of hydrogen-bond donors (Lipinski definition) is 1. The zero-order chi connectivity index (χ0) is 13.8. The Balaban J connectivity index is 2.17. The highest BCUT2D eigenvalue weighted by Crippen LogP contribution is 2.33. The molecule has 1 aromatic rings. The van der Waals surface area contributed by atoms with Crippen molar-refractivity contribution in [1.82, 2.24) is 9.80 Å². The number of benzene rings is 1. The van der Waals surface area contributed by atoms with Gasteiger partial charge in [-0.2, -0.15) is 0 Å². The van der Waals surface area contributed by atoms with Crippen molar-refractivity contribution in [1.29, 1.82) is 0 Å². The van der Waals surface area contributed by atoms with E-state index in [4.69, 9.17) is 23.2 Å². The molecule has 1 atom stereocenters. The van der Waals surface area contributed by atoms with Gasteiger partial charge in [0.15, 0.2) is 0 Å². The van der Waals surface area contributed by atoms with Gasteiger partial charge in [0, 0.05) is 41.8 Å². The number of piperazine rings is 1. The lowest BCUT2D eigenvalue weighted by atomic mass is 10.0. The molecule has 3 nitrogen and oxygen atoms in total. The Hall–Kier alpha value is -0.320. The van der Waals surface area contributed by atoms with Gasteiger partial charge in [0.05, 0.1) is 12.6 Å². The number of aliphatic hydroxyl groups excluding tert-OH is 1. The van der Waals surface area contributed by atoms with E-state index < -0.39 is 0 Å². The first kappa shape index (κ1) is 15.1. The van der Waals surface area contributed by atoms with Crippen LogP contribution in [0.4, 0.5) is 0 Å². The summed E-state index contributed by atoms with van der Waals surface area (Å²) in [5.74, 6) is 0. The van der Waals surface area contributed by atoms with Crippen molar-refractivity contribution < 1.29 is 5.11 Å². The Morgan fingerprint density at radius 2 is 1.74 bits per heavy atom. The van der Waals surface area contributed by atoms with E-state index in [1.807, 2.05) is 18.2 Å². The molecule has 0 spiro atoms. The van der Waals surface area contributed by atoms with Crippen LogP contribution in [0.15, 0.2) is 18.2 Å². The van der Waals surface area contributed by atoms with Crippen LogP contribution in [0.5, 0.6) is 0 Å². The van der Waals surface area contributed by atoms with Crippen LogP contribution in [0.1, 0.15) is 18.5 Å². The summed E-state index contributed by atoms with van der Waals surface area (Å²) >= 11 is 12.5. The van der Waals surface area contributed by atoms with Crippen LogP contribution in [0, 0.1) is 0 Å². The molecule has 1 N–H and O–H groups in total. The molecule has 1 unspecified atom stereocenters. The normalized spacial score (nSPS) is 19.6. The minimum Gasteiger partial charge on any atom is -0.394 e. The maximum Gasteiger partial charge on any atom is 0.0629 e. The fourth-order valence-corrected chi connectivity index (χ4v) is 3.26. The molecule has 0 bridgehead atoms. The molecule has 19 heavy (non-hydrogen) atoms. The molecule has 0 aliphatic carbocycles. The largest absolute Gasteiger partial charge is 0.394 e. The molecule has 0 aromatic heterocycles. The van der Waals surface area contributed by atoms with E-state index in [-0.39, 0.29) is 12.6 Å². The smallest absolute Gasteiger partial charge is 0.0629 e. The van der Waals surface area contributed by atoms with Gasteiger partial charge >= 0.3 is 0 Å². The molecule has 0 radical (unpaired) electrons. The topological polar surface area (TPSA) is 26.7 Å². The number of hydrogen-bond acceptors (Lipinski definition) is 3. The van der Waals surface area contributed by atoms with Gasteiger partial charge in [-0.15, -0.1) is 0 Å². The molecule has 0 saturated carbocycles. The van der Waals surface area contributed by atoms with Gasteiger partial charge in [-0.3, -0.25) is 4.90 Å². The molecule has 106 valence electrons. The van der Waals surface area contributed by atoms with Crippen molar-refractivity contribution >= 4 is 23.2 Å². The maximum atomic E-state index is 9.73. The third kappa shape index (κ3) is 3.41. The van der Waals surface area contributed by atoms with Crippen LogP contribution >= 0.6 is 23.2 Å². The molecule has 1 aliphatic rings. The monoisotopic (exact) mass is 302 g/mol. The summed E-state index contributed by atoms with van der Waals surface area (Å²) in [6, 6.07) is 5.37. The van der Waals surface area contributed by atoms with E-state index in [0.717, 1.165) is 38.3 Å². The van der Waals surface area contributed by atoms with Crippen LogP contribution in [0.25, 0.3) is 0 Å². The summed E-state index contributed by atoms with van der Waals surface area (Å²) in [6.07, 6.45) is 0. The second-order valence-electron chi connectivity index (χ2n) is 4.80. The number of rotatable bonds is 4. The van der Waals surface area contributed by atoms with E-state index in [0.29, 0.717) is 10.0 Å². The zero-order valence-electron chi connectivity index (χ0n) is 11.1. The third-order valence-corrected chi connectivity index (χ3v) is 4.46. The summed E-state index contributed by atoms with van der Waals surface area (Å²) in [6.45, 7) is 7.19. The Bertz CT molecular complexity index is 400. The molecule has 1 fully saturated rings. The number of likely N-dealkylation sites (N-methyl/N-ethyl adjacent to an activating group) is 1. The van der Waals surface area contributed by atoms with E-state index in [9.17, 15) is 5.11 Å². The van der Waals surface area contributed by atoms with Gasteiger partial charge in [0.2, 0.25) is 0 Å². The first-order valence-corrected chi connectivity index (χ1v) is 7.44. The Morgan fingerprint density at radius 3 is 2.21 bits per heavy atom. The van der Waals surface area contributed by atoms with Crippen LogP contribution in [0.3, 0.4) is 0 Å². The highest BCUT2D eigenvalue weighted by Gasteiger charge is 2.27. The molecule has 1 aromatic carbocycles. The first-order chi connectivity index (χ1) is 9.17. The van der Waals surface area contributed by atoms with Gasteiger partial charge in [-0.05, 0) is 18.7 Å². The summed E-state index contributed by atoms with van der Waals surface area (Å²) in [7, 11) is 0. The second-order valence-corrected chi connectivity index (χ2v) is 5.62. The van der Waals surface area contributed by atoms with Crippen molar-refractivity contribution in [3.63, 3.8) is 0 Å². The highest BCUT2D eigenvalue weighted by atomic mass is 35.5. The molecule has 5 heteroatoms. The Kier molecular flexibility index (Phi) is 5.48. The average Bonchev–Trinajstić information content (AvgIpc) is 2.43. The predicted octanol–water partition coefficient (Wildman–Crippen LogP) is 2.66. The standard InChI is InChI=1S/C14H20Cl2N2O/c1-2-17-6-8-18(9-7-17)13(10-19)14-11(15)4-3-5-12(14)16/h3-5,13,19H,2,6-10H2,1H3. The minimum atomic E-state index is -0.111. The SMILES string of the molecule is CCN1CCN(C(CO)c2c(Cl)cccc2Cl)CC1. The summed E-state index contributed by atoms with van der Waals surface area (Å²) in [5.41, 5.74) is 0.846. The zero-order valence-corrected chi connectivity index (χ0v) is 12.7. The Morgan fingerprint density at radius 1 is 1.16 bits per heavy atom. The van der Waals surface area contributed by atoms with Crippen LogP contribution < -0.4 is 0 Å². The van der Waals surface area contributed by atoms with Crippen LogP contribution in [-0.2, 0) is 0 Å². The van der Waals surface area contributed by atoms with Gasteiger partial charge in [-0.25, -0.2) is 0 Å². The minimum absolute atomic E-state index is 0.0373. The summed E-state index contributed by atoms with van der Waals surface area (Å²) < 4.78 is 0. The van der Waals surface area contributed by atoms with Crippen molar-refractivity contribution in [3.05, 3.63) is 33.8 Å². The summed E-state index contributed by atoms with van der Waals surface area (Å²) in [4.78, 5) is 4.67. The van der Waals surface area contributed by atoms with E-state index in [1.165, 1.54) is 0 Å². The second kappa shape index (κ2) is 6.91. The average molecular weight is 303 g/mol. The molecule has 0 amide bonds. The fourth-order valence-electron chi connectivity index (χ4n) is 2.61. The van der Waals surface area contributed by atoms with Crippen LogP contribution in [0.2, 0.25) is 10.0 Å². The number of aliphatic hydroxyl groups is 1. The fraction of sp³-hybridized carbons (Fsp3) is 0.571. The molecule has 2 rings (SSSR count). The molecule has 1 heterocycles. The molecule has 1 aliphatic heterocycles. The van der Waals surface area contributed by atoms with Gasteiger partial charge in [0.1, 0.15) is 0 Å². The quantitative estimate of drug-likeness (QED) is 0.926. The van der Waals surface area contributed by atoms with Crippen molar-refractivity contribution in [2.24, 2.45) is 0 Å². The Labute approximate surface area is 124 Å². The van der Waals surface area contributed by atoms with E-state index >= 15 is 0 Å². The summed E-state index contributed by atoms with van der Waals surface area (Å²) in [5, 5.41) is 11.0. The van der Waals surface area contributed by atoms with Crippen molar-refractivity contribution in [2.45, 2.75) is 13.0 Å². The highest BCUT2D eigenvalue weighted by molar-refractivity contribution is 6.36. The molecular formula is C14H20Cl2N2O. The number of halogens is 2. The lowest BCUT2D eigenvalue weighted by molar-refractivity contribution is 0.0673. The third-order valence-electron chi connectivity index (χ3n) is 3.80. The molecule has 1 saturated heterocycles. The van der Waals surface area contributed by atoms with Gasteiger partial charge in [0.25, 0.3) is 0 Å². The van der Waals surface area contributed by atoms with Crippen molar-refractivity contribution in [3.8, 4) is 0 Å². The first-order valence-electron chi connectivity index (χ1n) is 6.68. The van der Waals surface area contributed by atoms with Crippen LogP contribution in [-0.4, -0.2) is 54.2 Å². The maximum absolute atomic E-state index is 9.73. The lowest BCUT2D eigenvalue weighted by Gasteiger charge is -2.38. The van der Waals surface area contributed by atoms with E-state index in [2.05, 4.69) is 16.7 Å². The van der Waals surface area contributed by atoms with Gasteiger partial charge in [-0.1, -0.05) is 36.2 Å². The number of nitrogens with zero attached hydrogens (tertiary/aromatic N) is 2. The van der Waals surface area contributed by atoms with Gasteiger partial charge < -0.3 is 10.0 Å². The van der Waals surface area contributed by atoms with E-state index in [1.54, 1.807) is 0 Å². The molecular weight excluding hydrogens is 283 g/mol.